The first-order valence-electron chi connectivity index (χ1n) is 3.99. The maximum absolute atomic E-state index is 4.20. The van der Waals surface area contributed by atoms with E-state index in [2.05, 4.69) is 32.1 Å². The van der Waals surface area contributed by atoms with Crippen LogP contribution >= 0.6 is 11.5 Å². The molecule has 0 fully saturated rings. The average molecular weight is 169 g/mol. The molecule has 0 bridgehead atoms. The Kier molecular flexibility index (Phi) is 2.33. The second-order valence-corrected chi connectivity index (χ2v) is 4.59. The summed E-state index contributed by atoms with van der Waals surface area (Å²) in [5.74, 6) is 0. The van der Waals surface area contributed by atoms with E-state index in [9.17, 15) is 0 Å². The third-order valence-electron chi connectivity index (χ3n) is 1.71. The second-order valence-electron chi connectivity index (χ2n) is 3.78. The highest BCUT2D eigenvalue weighted by atomic mass is 32.1. The zero-order chi connectivity index (χ0) is 8.48. The summed E-state index contributed by atoms with van der Waals surface area (Å²) in [6.07, 6.45) is 3.09. The summed E-state index contributed by atoms with van der Waals surface area (Å²) in [4.78, 5) is 1.43. The fraction of sp³-hybridized carbons (Fsp3) is 0.667. The highest BCUT2D eigenvalue weighted by Gasteiger charge is 2.18. The fourth-order valence-corrected chi connectivity index (χ4v) is 2.00. The second kappa shape index (κ2) is 2.94. The van der Waals surface area contributed by atoms with Gasteiger partial charge in [-0.2, -0.15) is 0 Å². The topological polar surface area (TPSA) is 12.9 Å². The third kappa shape index (κ3) is 1.80. The largest absolute Gasteiger partial charge is 0.201 e. The Morgan fingerprint density at radius 2 is 2.09 bits per heavy atom. The molecule has 0 aromatic carbocycles. The van der Waals surface area contributed by atoms with Crippen LogP contribution in [-0.2, 0) is 11.8 Å². The Balaban J connectivity index is 3.02. The molecule has 0 saturated carbocycles. The molecular formula is C9H15NS. The van der Waals surface area contributed by atoms with Crippen molar-refractivity contribution in [3.8, 4) is 0 Å². The molecule has 1 heterocycles. The molecule has 0 aliphatic carbocycles. The van der Waals surface area contributed by atoms with E-state index in [-0.39, 0.29) is 5.41 Å². The fourth-order valence-electron chi connectivity index (χ4n) is 1.13. The molecule has 1 aromatic heterocycles. The monoisotopic (exact) mass is 169 g/mol. The highest BCUT2D eigenvalue weighted by Crippen LogP contribution is 2.29. The van der Waals surface area contributed by atoms with Gasteiger partial charge in [-0.1, -0.05) is 27.7 Å². The number of rotatable bonds is 1. The summed E-state index contributed by atoms with van der Waals surface area (Å²) in [6, 6.07) is 0. The van der Waals surface area contributed by atoms with Gasteiger partial charge in [-0.25, -0.2) is 4.37 Å². The Morgan fingerprint density at radius 1 is 1.45 bits per heavy atom. The van der Waals surface area contributed by atoms with E-state index >= 15 is 0 Å². The lowest BCUT2D eigenvalue weighted by molar-refractivity contribution is 0.598. The molecule has 0 amide bonds. The van der Waals surface area contributed by atoms with Gasteiger partial charge in [-0.05, 0) is 28.9 Å². The maximum Gasteiger partial charge on any atom is 0.0441 e. The minimum absolute atomic E-state index is 0.270. The van der Waals surface area contributed by atoms with Crippen LogP contribution in [0, 0.1) is 0 Å². The van der Waals surface area contributed by atoms with Gasteiger partial charge in [0.2, 0.25) is 0 Å². The Labute approximate surface area is 72.6 Å². The van der Waals surface area contributed by atoms with Crippen molar-refractivity contribution in [3.63, 3.8) is 0 Å². The van der Waals surface area contributed by atoms with E-state index in [0.717, 1.165) is 6.42 Å². The molecular weight excluding hydrogens is 154 g/mol. The summed E-state index contributed by atoms with van der Waals surface area (Å²) in [5.41, 5.74) is 1.68. The molecule has 2 heteroatoms. The quantitative estimate of drug-likeness (QED) is 0.629. The lowest BCUT2D eigenvalue weighted by Crippen LogP contribution is -2.10. The first kappa shape index (κ1) is 8.72. The minimum atomic E-state index is 0.270. The van der Waals surface area contributed by atoms with Crippen LogP contribution in [0.1, 0.15) is 38.1 Å². The van der Waals surface area contributed by atoms with Gasteiger partial charge in [-0.3, -0.25) is 0 Å². The third-order valence-corrected chi connectivity index (χ3v) is 2.97. The van der Waals surface area contributed by atoms with Gasteiger partial charge in [0.05, 0.1) is 0 Å². The van der Waals surface area contributed by atoms with Gasteiger partial charge in [0.1, 0.15) is 0 Å². The van der Waals surface area contributed by atoms with Crippen LogP contribution in [0.15, 0.2) is 6.20 Å². The van der Waals surface area contributed by atoms with Crippen molar-refractivity contribution in [1.29, 1.82) is 0 Å². The van der Waals surface area contributed by atoms with Gasteiger partial charge < -0.3 is 0 Å². The number of hydrogen-bond donors (Lipinski definition) is 0. The number of aromatic nitrogens is 1. The highest BCUT2D eigenvalue weighted by molar-refractivity contribution is 7.06. The predicted octanol–water partition coefficient (Wildman–Crippen LogP) is 3.00. The van der Waals surface area contributed by atoms with Crippen molar-refractivity contribution >= 4 is 11.5 Å². The molecule has 0 atom stereocenters. The molecule has 1 aromatic rings. The average Bonchev–Trinajstić information content (AvgIpc) is 2.31. The molecule has 0 spiro atoms. The summed E-state index contributed by atoms with van der Waals surface area (Å²) in [5, 5.41) is 0. The zero-order valence-corrected chi connectivity index (χ0v) is 8.46. The SMILES string of the molecule is CCc1cnsc1C(C)(C)C. The smallest absolute Gasteiger partial charge is 0.0441 e. The van der Waals surface area contributed by atoms with Gasteiger partial charge in [0, 0.05) is 11.1 Å². The number of nitrogens with zero attached hydrogens (tertiary/aromatic N) is 1. The van der Waals surface area contributed by atoms with Crippen molar-refractivity contribution < 1.29 is 0 Å². The first-order valence-corrected chi connectivity index (χ1v) is 4.77. The molecule has 1 nitrogen and oxygen atoms in total. The van der Waals surface area contributed by atoms with Crippen LogP contribution in [0.25, 0.3) is 0 Å². The molecule has 62 valence electrons. The maximum atomic E-state index is 4.20. The van der Waals surface area contributed by atoms with Crippen LogP contribution in [0.2, 0.25) is 0 Å². The van der Waals surface area contributed by atoms with Crippen LogP contribution in [0.5, 0.6) is 0 Å². The van der Waals surface area contributed by atoms with Crippen LogP contribution in [0.4, 0.5) is 0 Å². The summed E-state index contributed by atoms with van der Waals surface area (Å²) in [7, 11) is 0. The van der Waals surface area contributed by atoms with Crippen molar-refractivity contribution in [1.82, 2.24) is 4.37 Å². The van der Waals surface area contributed by atoms with Crippen LogP contribution < -0.4 is 0 Å². The lowest BCUT2D eigenvalue weighted by Gasteiger charge is -2.17. The zero-order valence-electron chi connectivity index (χ0n) is 7.64. The van der Waals surface area contributed by atoms with Crippen molar-refractivity contribution in [2.75, 3.05) is 0 Å². The molecule has 0 N–H and O–H groups in total. The van der Waals surface area contributed by atoms with Gasteiger partial charge in [0.25, 0.3) is 0 Å². The summed E-state index contributed by atoms with van der Waals surface area (Å²) >= 11 is 1.63. The van der Waals surface area contributed by atoms with Crippen molar-refractivity contribution in [2.24, 2.45) is 0 Å². The summed E-state index contributed by atoms with van der Waals surface area (Å²) in [6.45, 7) is 8.89. The van der Waals surface area contributed by atoms with E-state index in [1.807, 2.05) is 6.20 Å². The van der Waals surface area contributed by atoms with E-state index in [4.69, 9.17) is 0 Å². The van der Waals surface area contributed by atoms with Gasteiger partial charge in [-0.15, -0.1) is 0 Å². The number of hydrogen-bond acceptors (Lipinski definition) is 2. The standard InChI is InChI=1S/C9H15NS/c1-5-7-6-10-11-8(7)9(2,3)4/h6H,5H2,1-4H3. The van der Waals surface area contributed by atoms with Crippen molar-refractivity contribution in [2.45, 2.75) is 39.5 Å². The Hall–Kier alpha value is -0.370. The van der Waals surface area contributed by atoms with E-state index in [1.54, 1.807) is 11.5 Å². The van der Waals surface area contributed by atoms with E-state index < -0.39 is 0 Å². The first-order chi connectivity index (χ1) is 5.05. The van der Waals surface area contributed by atoms with Crippen molar-refractivity contribution in [3.05, 3.63) is 16.6 Å². The van der Waals surface area contributed by atoms with Gasteiger partial charge >= 0.3 is 0 Å². The van der Waals surface area contributed by atoms with Crippen LogP contribution in [-0.4, -0.2) is 4.37 Å². The van der Waals surface area contributed by atoms with Crippen LogP contribution in [0.3, 0.4) is 0 Å². The summed E-state index contributed by atoms with van der Waals surface area (Å²) < 4.78 is 4.20. The molecule has 11 heavy (non-hydrogen) atoms. The molecule has 0 radical (unpaired) electrons. The van der Waals surface area contributed by atoms with E-state index in [1.165, 1.54) is 10.4 Å². The molecule has 1 rings (SSSR count). The Bertz CT molecular complexity index is 232. The predicted molar refractivity (Wildman–Crippen MR) is 50.2 cm³/mol. The molecule has 0 unspecified atom stereocenters. The normalized spacial score (nSPS) is 12.0. The lowest BCUT2D eigenvalue weighted by atomic mass is 9.91. The van der Waals surface area contributed by atoms with E-state index in [0.29, 0.717) is 0 Å². The molecule has 0 saturated heterocycles. The number of aryl methyl sites for hydroxylation is 1. The molecule has 0 aliphatic rings. The minimum Gasteiger partial charge on any atom is -0.201 e. The molecule has 0 aliphatic heterocycles. The Morgan fingerprint density at radius 3 is 2.45 bits per heavy atom. The van der Waals surface area contributed by atoms with Gasteiger partial charge in [0.15, 0.2) is 0 Å².